The average Bonchev–Trinajstić information content (AvgIpc) is 2.78. The maximum atomic E-state index is 5.62. The van der Waals surface area contributed by atoms with E-state index in [0.717, 1.165) is 16.7 Å². The molecule has 1 atom stereocenters. The second-order valence-electron chi connectivity index (χ2n) is 4.73. The van der Waals surface area contributed by atoms with Crippen molar-refractivity contribution in [2.75, 3.05) is 5.75 Å². The van der Waals surface area contributed by atoms with E-state index in [9.17, 15) is 0 Å². The van der Waals surface area contributed by atoms with Crippen LogP contribution in [0, 0.1) is 0 Å². The summed E-state index contributed by atoms with van der Waals surface area (Å²) in [6.45, 7) is 0. The summed E-state index contributed by atoms with van der Waals surface area (Å²) in [5.41, 5.74) is 3.91. The van der Waals surface area contributed by atoms with Gasteiger partial charge >= 0.3 is 0 Å². The summed E-state index contributed by atoms with van der Waals surface area (Å²) < 4.78 is 1.82. The standard InChI is InChI=1S/C12H22N4S/c1-16-8-7-11(15-16)12(14-13)9-17-10-5-3-2-4-6-10/h7-8,10,12,14H,2-6,9,13H2,1H3. The van der Waals surface area contributed by atoms with Gasteiger partial charge in [-0.25, -0.2) is 0 Å². The molecule has 5 heteroatoms. The van der Waals surface area contributed by atoms with Crippen molar-refractivity contribution in [3.05, 3.63) is 18.0 Å². The van der Waals surface area contributed by atoms with E-state index in [0.29, 0.717) is 0 Å². The lowest BCUT2D eigenvalue weighted by atomic mass is 10.0. The fourth-order valence-electron chi connectivity index (χ4n) is 2.30. The summed E-state index contributed by atoms with van der Waals surface area (Å²) in [5.74, 6) is 6.63. The van der Waals surface area contributed by atoms with Crippen LogP contribution in [0.5, 0.6) is 0 Å². The molecule has 0 aromatic carbocycles. The van der Waals surface area contributed by atoms with Crippen LogP contribution in [-0.4, -0.2) is 20.8 Å². The van der Waals surface area contributed by atoms with Crippen molar-refractivity contribution < 1.29 is 0 Å². The molecule has 96 valence electrons. The molecular formula is C12H22N4S. The van der Waals surface area contributed by atoms with Crippen molar-refractivity contribution >= 4 is 11.8 Å². The number of nitrogens with zero attached hydrogens (tertiary/aromatic N) is 2. The normalized spacial score (nSPS) is 19.4. The number of rotatable bonds is 5. The summed E-state index contributed by atoms with van der Waals surface area (Å²) in [5, 5.41) is 5.23. The molecule has 17 heavy (non-hydrogen) atoms. The van der Waals surface area contributed by atoms with Gasteiger partial charge in [-0.1, -0.05) is 19.3 Å². The van der Waals surface area contributed by atoms with Crippen molar-refractivity contribution in [3.8, 4) is 0 Å². The van der Waals surface area contributed by atoms with E-state index in [4.69, 9.17) is 5.84 Å². The summed E-state index contributed by atoms with van der Waals surface area (Å²) in [4.78, 5) is 0. The molecule has 3 N–H and O–H groups in total. The maximum Gasteiger partial charge on any atom is 0.0815 e. The number of aromatic nitrogens is 2. The zero-order valence-corrected chi connectivity index (χ0v) is 11.2. The molecule has 1 fully saturated rings. The largest absolute Gasteiger partial charge is 0.275 e. The molecule has 1 saturated carbocycles. The minimum atomic E-state index is 0.170. The Morgan fingerprint density at radius 1 is 1.53 bits per heavy atom. The van der Waals surface area contributed by atoms with Crippen LogP contribution in [0.2, 0.25) is 0 Å². The Morgan fingerprint density at radius 3 is 2.88 bits per heavy atom. The molecule has 1 aliphatic carbocycles. The number of nitrogens with one attached hydrogen (secondary N) is 1. The molecule has 0 radical (unpaired) electrons. The Bertz CT molecular complexity index is 333. The number of thioether (sulfide) groups is 1. The molecule has 0 saturated heterocycles. The lowest BCUT2D eigenvalue weighted by Crippen LogP contribution is -2.30. The fraction of sp³-hybridized carbons (Fsp3) is 0.750. The quantitative estimate of drug-likeness (QED) is 0.623. The molecule has 2 rings (SSSR count). The number of nitrogens with two attached hydrogens (primary N) is 1. The Hall–Kier alpha value is -0.520. The summed E-state index contributed by atoms with van der Waals surface area (Å²) in [6, 6.07) is 2.20. The monoisotopic (exact) mass is 254 g/mol. The van der Waals surface area contributed by atoms with Gasteiger partial charge in [0, 0.05) is 24.2 Å². The predicted molar refractivity (Wildman–Crippen MR) is 72.6 cm³/mol. The van der Waals surface area contributed by atoms with Crippen LogP contribution in [0.3, 0.4) is 0 Å². The van der Waals surface area contributed by atoms with Crippen LogP contribution in [0.1, 0.15) is 43.8 Å². The highest BCUT2D eigenvalue weighted by molar-refractivity contribution is 7.99. The van der Waals surface area contributed by atoms with E-state index >= 15 is 0 Å². The van der Waals surface area contributed by atoms with Crippen LogP contribution >= 0.6 is 11.8 Å². The molecule has 1 unspecified atom stereocenters. The lowest BCUT2D eigenvalue weighted by Gasteiger charge is -2.23. The van der Waals surface area contributed by atoms with Gasteiger partial charge in [-0.3, -0.25) is 16.0 Å². The topological polar surface area (TPSA) is 55.9 Å². The van der Waals surface area contributed by atoms with Gasteiger partial charge in [-0.15, -0.1) is 0 Å². The molecule has 0 amide bonds. The average molecular weight is 254 g/mol. The lowest BCUT2D eigenvalue weighted by molar-refractivity contribution is 0.513. The van der Waals surface area contributed by atoms with Gasteiger partial charge in [0.25, 0.3) is 0 Å². The molecule has 4 nitrogen and oxygen atoms in total. The van der Waals surface area contributed by atoms with E-state index in [-0.39, 0.29) is 6.04 Å². The van der Waals surface area contributed by atoms with E-state index < -0.39 is 0 Å². The molecule has 1 aromatic rings. The Morgan fingerprint density at radius 2 is 2.29 bits per heavy atom. The first-order valence-corrected chi connectivity index (χ1v) is 7.41. The number of aryl methyl sites for hydroxylation is 1. The highest BCUT2D eigenvalue weighted by Crippen LogP contribution is 2.30. The predicted octanol–water partition coefficient (Wildman–Crippen LogP) is 1.99. The van der Waals surface area contributed by atoms with E-state index in [2.05, 4.69) is 10.5 Å². The summed E-state index contributed by atoms with van der Waals surface area (Å²) in [7, 11) is 1.94. The second kappa shape index (κ2) is 6.42. The van der Waals surface area contributed by atoms with E-state index in [1.165, 1.54) is 32.1 Å². The van der Waals surface area contributed by atoms with Gasteiger partial charge in [0.2, 0.25) is 0 Å². The van der Waals surface area contributed by atoms with Crippen LogP contribution in [0.4, 0.5) is 0 Å². The molecule has 1 aliphatic rings. The Kier molecular flexibility index (Phi) is 4.88. The van der Waals surface area contributed by atoms with Gasteiger partial charge in [0.15, 0.2) is 0 Å². The van der Waals surface area contributed by atoms with Gasteiger partial charge in [-0.05, 0) is 18.9 Å². The van der Waals surface area contributed by atoms with Crippen molar-refractivity contribution in [1.29, 1.82) is 0 Å². The second-order valence-corrected chi connectivity index (χ2v) is 6.06. The summed E-state index contributed by atoms with van der Waals surface area (Å²) in [6.07, 6.45) is 8.89. The highest BCUT2D eigenvalue weighted by atomic mass is 32.2. The molecule has 1 heterocycles. The third-order valence-corrected chi connectivity index (χ3v) is 4.81. The number of hydrogen-bond donors (Lipinski definition) is 2. The molecule has 0 aliphatic heterocycles. The third kappa shape index (κ3) is 3.72. The van der Waals surface area contributed by atoms with E-state index in [1.807, 2.05) is 35.8 Å². The highest BCUT2D eigenvalue weighted by Gasteiger charge is 2.18. The van der Waals surface area contributed by atoms with Crippen LogP contribution in [0.25, 0.3) is 0 Å². The third-order valence-electron chi connectivity index (χ3n) is 3.34. The van der Waals surface area contributed by atoms with Crippen LogP contribution in [-0.2, 0) is 7.05 Å². The molecular weight excluding hydrogens is 232 g/mol. The first-order valence-electron chi connectivity index (χ1n) is 6.37. The van der Waals surface area contributed by atoms with Crippen molar-refractivity contribution in [3.63, 3.8) is 0 Å². The summed E-state index contributed by atoms with van der Waals surface area (Å²) >= 11 is 2.04. The van der Waals surface area contributed by atoms with Gasteiger partial charge < -0.3 is 0 Å². The number of hydrogen-bond acceptors (Lipinski definition) is 4. The van der Waals surface area contributed by atoms with Crippen molar-refractivity contribution in [2.45, 2.75) is 43.4 Å². The Labute approximate surface area is 107 Å². The minimum Gasteiger partial charge on any atom is -0.275 e. The smallest absolute Gasteiger partial charge is 0.0815 e. The van der Waals surface area contributed by atoms with Gasteiger partial charge in [-0.2, -0.15) is 16.9 Å². The zero-order valence-electron chi connectivity index (χ0n) is 10.4. The Balaban J connectivity index is 1.82. The van der Waals surface area contributed by atoms with Crippen LogP contribution < -0.4 is 11.3 Å². The van der Waals surface area contributed by atoms with Gasteiger partial charge in [0.05, 0.1) is 11.7 Å². The van der Waals surface area contributed by atoms with Crippen LogP contribution in [0.15, 0.2) is 12.3 Å². The number of hydrazine groups is 1. The first kappa shape index (κ1) is 12.9. The maximum absolute atomic E-state index is 5.62. The molecule has 1 aromatic heterocycles. The molecule has 0 spiro atoms. The zero-order chi connectivity index (χ0) is 12.1. The van der Waals surface area contributed by atoms with Crippen molar-refractivity contribution in [2.24, 2.45) is 12.9 Å². The van der Waals surface area contributed by atoms with Crippen molar-refractivity contribution in [1.82, 2.24) is 15.2 Å². The fourth-order valence-corrected chi connectivity index (χ4v) is 3.70. The SMILES string of the molecule is Cn1ccc(C(CSC2CCCCC2)NN)n1. The molecule has 0 bridgehead atoms. The van der Waals surface area contributed by atoms with Gasteiger partial charge in [0.1, 0.15) is 0 Å². The first-order chi connectivity index (χ1) is 8.29. The van der Waals surface area contributed by atoms with E-state index in [1.54, 1.807) is 0 Å². The minimum absolute atomic E-state index is 0.170.